The molecule has 4 bridgehead atoms. The zero-order valence-corrected chi connectivity index (χ0v) is 35.4. The molecule has 10 aromatic rings. The van der Waals surface area contributed by atoms with Crippen molar-refractivity contribution in [3.63, 3.8) is 0 Å². The zero-order valence-electron chi connectivity index (χ0n) is 34.6. The van der Waals surface area contributed by atoms with Gasteiger partial charge in [0, 0.05) is 65.2 Å². The smallest absolute Gasteiger partial charge is 0.388 e. The van der Waals surface area contributed by atoms with Gasteiger partial charge in [0.15, 0.2) is 0 Å². The Morgan fingerprint density at radius 1 is 0.433 bits per heavy atom. The molecule has 67 heavy (non-hydrogen) atoms. The van der Waals surface area contributed by atoms with Gasteiger partial charge in [-0.1, -0.05) is 72.8 Å². The molecule has 4 N–H and O–H groups in total. The fourth-order valence-electron chi connectivity index (χ4n) is 13.7. The lowest BCUT2D eigenvalue weighted by Crippen LogP contribution is -2.31. The van der Waals surface area contributed by atoms with Crippen LogP contribution in [0.1, 0.15) is 78.4 Å². The largest absolute Gasteiger partial charge is 0.400 e. The van der Waals surface area contributed by atoms with Crippen molar-refractivity contribution in [3.8, 4) is 0 Å². The highest BCUT2D eigenvalue weighted by Gasteiger charge is 2.58. The Hall–Kier alpha value is -7.41. The number of hydrogen-bond donors (Lipinski definition) is 4. The number of aliphatic hydroxyl groups is 2. The molecule has 2 aliphatic carbocycles. The van der Waals surface area contributed by atoms with E-state index in [9.17, 15) is 37.8 Å². The van der Waals surface area contributed by atoms with Crippen molar-refractivity contribution < 1.29 is 46.2 Å². The van der Waals surface area contributed by atoms with E-state index in [0.717, 1.165) is 76.5 Å². The van der Waals surface area contributed by atoms with E-state index in [1.165, 1.54) is 0 Å². The molecule has 0 radical (unpaired) electrons. The van der Waals surface area contributed by atoms with Crippen LogP contribution in [0.4, 0.5) is 0 Å². The number of hydrogen-bond acceptors (Lipinski definition) is 10. The maximum Gasteiger partial charge on any atom is 0.400 e. The summed E-state index contributed by atoms with van der Waals surface area (Å²) in [6.45, 7) is 0. The Morgan fingerprint density at radius 3 is 1.01 bits per heavy atom. The minimum Gasteiger partial charge on any atom is -0.388 e. The molecule has 4 amide bonds. The Bertz CT molecular complexity index is 4010. The van der Waals surface area contributed by atoms with Crippen molar-refractivity contribution in [2.24, 2.45) is 0 Å². The van der Waals surface area contributed by atoms with E-state index in [0.29, 0.717) is 45.9 Å². The molecule has 2 saturated carbocycles. The number of nitrogens with one attached hydrogen (secondary N) is 2. The second-order valence-electron chi connectivity index (χ2n) is 18.8. The topological polar surface area (TPSA) is 205 Å². The highest BCUT2D eigenvalue weighted by Crippen LogP contribution is 2.57. The van der Waals surface area contributed by atoms with Crippen LogP contribution in [0.2, 0.25) is 0 Å². The van der Waals surface area contributed by atoms with Gasteiger partial charge in [-0.15, -0.1) is 0 Å². The van der Waals surface area contributed by atoms with Crippen LogP contribution in [0, 0.1) is 0 Å². The van der Waals surface area contributed by atoms with Crippen molar-refractivity contribution in [3.05, 3.63) is 119 Å². The SMILES string of the molecule is O=C1NC(=O)c2c1c1c3ccccc3n3c1c1c2c2ccccc2n1C1CC3[C@@H](O)[C@H]1O.O=C1NC(=O)c2c1c1c3ccccc3n3c1c1c2c2ccccc2n1C1CC3[C@H]2OS(=O)(=O)O[C@@H]12. The van der Waals surface area contributed by atoms with E-state index in [1.807, 2.05) is 97.1 Å². The number of aromatic nitrogens is 4. The van der Waals surface area contributed by atoms with Gasteiger partial charge >= 0.3 is 10.4 Å². The fraction of sp³-hybridized carbons (Fsp3) is 0.200. The molecule has 1 saturated heterocycles. The number of aliphatic hydroxyl groups excluding tert-OH is 2. The number of carbonyl (C=O) groups is 4. The number of benzene rings is 6. The first kappa shape index (κ1) is 36.8. The number of nitrogens with zero attached hydrogens (tertiary/aromatic N) is 4. The number of carbonyl (C=O) groups excluding carboxylic acids is 4. The molecule has 17 rings (SSSR count). The molecule has 8 atom stereocenters. The van der Waals surface area contributed by atoms with Gasteiger partial charge < -0.3 is 28.5 Å². The number of imide groups is 2. The Kier molecular flexibility index (Phi) is 6.45. The van der Waals surface area contributed by atoms with Crippen LogP contribution in [0.25, 0.3) is 87.2 Å². The molecule has 17 heteroatoms. The molecule has 7 aliphatic rings. The third-order valence-electron chi connectivity index (χ3n) is 15.9. The molecule has 3 fully saturated rings. The van der Waals surface area contributed by atoms with E-state index in [1.54, 1.807) is 0 Å². The molecule has 6 aromatic carbocycles. The molecular weight excluding hydrogens is 877 g/mol. The number of amides is 4. The van der Waals surface area contributed by atoms with E-state index in [2.05, 4.69) is 28.9 Å². The lowest BCUT2D eigenvalue weighted by molar-refractivity contribution is 0.0101. The van der Waals surface area contributed by atoms with Crippen molar-refractivity contribution in [1.29, 1.82) is 0 Å². The quantitative estimate of drug-likeness (QED) is 0.125. The number of para-hydroxylation sites is 4. The van der Waals surface area contributed by atoms with Crippen LogP contribution >= 0.6 is 0 Å². The van der Waals surface area contributed by atoms with Gasteiger partial charge in [0.2, 0.25) is 0 Å². The summed E-state index contributed by atoms with van der Waals surface area (Å²) in [5.41, 5.74) is 8.40. The minimum atomic E-state index is -4.13. The minimum absolute atomic E-state index is 0.329. The summed E-state index contributed by atoms with van der Waals surface area (Å²) >= 11 is 0. The lowest BCUT2D eigenvalue weighted by Gasteiger charge is -2.24. The third kappa shape index (κ3) is 4.07. The van der Waals surface area contributed by atoms with Gasteiger partial charge in [0.1, 0.15) is 24.4 Å². The lowest BCUT2D eigenvalue weighted by atomic mass is 9.96. The predicted octanol–water partition coefficient (Wildman–Crippen LogP) is 6.32. The predicted molar refractivity (Wildman–Crippen MR) is 245 cm³/mol. The normalized spacial score (nSPS) is 27.0. The first-order valence-electron chi connectivity index (χ1n) is 22.2. The Morgan fingerprint density at radius 2 is 0.701 bits per heavy atom. The van der Waals surface area contributed by atoms with E-state index >= 15 is 0 Å². The zero-order chi connectivity index (χ0) is 44.8. The summed E-state index contributed by atoms with van der Waals surface area (Å²) in [7, 11) is -4.13. The molecular formula is C50H32N6O10S. The standard InChI is InChI=1S/C25H15N3O6S.C25H17N3O4/c29-24-18-16-10-5-1-3-7-12(10)27-14-9-15(23-22(14)33-35(31,32)34-23)28-13-8-4-2-6-11(13)17(21(28)20(16)27)19(18)25(30)26-24;29-22-14-9-15(23(22)30)28-13-8-4-2-6-11(13)17-19-18(24(31)26-25(19)32)16-10-5-1-3-7-12(10)27(14)20(16)21(17)28/h1-8,14-15,22-23H,9H2,(H,26,29,30);1-8,14-15,22-23,29-30H,9H2,(H,26,31,32)/t2*14?,15?,22-,23+. The average molecular weight is 909 g/mol. The van der Waals surface area contributed by atoms with Gasteiger partial charge in [-0.25, -0.2) is 8.37 Å². The molecule has 9 heterocycles. The van der Waals surface area contributed by atoms with Crippen LogP contribution in [0.3, 0.4) is 0 Å². The van der Waals surface area contributed by atoms with Crippen molar-refractivity contribution in [1.82, 2.24) is 28.9 Å². The van der Waals surface area contributed by atoms with Gasteiger partial charge in [0.25, 0.3) is 23.6 Å². The van der Waals surface area contributed by atoms with Gasteiger partial charge in [0.05, 0.1) is 68.5 Å². The summed E-state index contributed by atoms with van der Waals surface area (Å²) < 4.78 is 44.3. The summed E-state index contributed by atoms with van der Waals surface area (Å²) in [5, 5.41) is 33.5. The maximum atomic E-state index is 13.2. The summed E-state index contributed by atoms with van der Waals surface area (Å²) in [4.78, 5) is 52.5. The molecule has 4 unspecified atom stereocenters. The van der Waals surface area contributed by atoms with E-state index in [-0.39, 0.29) is 36.0 Å². The Balaban J connectivity index is 0.000000119. The van der Waals surface area contributed by atoms with E-state index < -0.39 is 46.6 Å². The van der Waals surface area contributed by atoms with Crippen LogP contribution in [-0.4, -0.2) is 84.9 Å². The molecule has 0 spiro atoms. The number of rotatable bonds is 0. The molecule has 4 aromatic heterocycles. The van der Waals surface area contributed by atoms with Crippen LogP contribution in [0.15, 0.2) is 97.1 Å². The summed E-state index contributed by atoms with van der Waals surface area (Å²) in [6.07, 6.45) is -2.12. The van der Waals surface area contributed by atoms with Gasteiger partial charge in [-0.05, 0) is 37.1 Å². The maximum absolute atomic E-state index is 13.2. The number of fused-ring (bicyclic) bond motifs is 24. The van der Waals surface area contributed by atoms with Crippen LogP contribution < -0.4 is 10.6 Å². The third-order valence-corrected chi connectivity index (χ3v) is 16.8. The van der Waals surface area contributed by atoms with Crippen LogP contribution in [-0.2, 0) is 18.8 Å². The van der Waals surface area contributed by atoms with Crippen LogP contribution in [0.5, 0.6) is 0 Å². The monoisotopic (exact) mass is 908 g/mol. The second kappa shape index (κ2) is 11.8. The Labute approximate surface area is 375 Å². The van der Waals surface area contributed by atoms with Gasteiger partial charge in [-0.3, -0.25) is 29.8 Å². The first-order valence-corrected chi connectivity index (χ1v) is 23.6. The van der Waals surface area contributed by atoms with Crippen molar-refractivity contribution in [2.45, 2.75) is 61.4 Å². The molecule has 16 nitrogen and oxygen atoms in total. The average Bonchev–Trinajstić information content (AvgIpc) is 4.21. The fourth-order valence-corrected chi connectivity index (χ4v) is 14.8. The highest BCUT2D eigenvalue weighted by atomic mass is 32.3. The van der Waals surface area contributed by atoms with Crippen molar-refractivity contribution in [2.75, 3.05) is 0 Å². The summed E-state index contributed by atoms with van der Waals surface area (Å²) in [6, 6.07) is 29.7. The molecule has 328 valence electrons. The summed E-state index contributed by atoms with van der Waals surface area (Å²) in [5.74, 6) is -1.60. The second-order valence-corrected chi connectivity index (χ2v) is 20.0. The highest BCUT2D eigenvalue weighted by molar-refractivity contribution is 7.82. The van der Waals surface area contributed by atoms with Crippen molar-refractivity contribution >= 4 is 121 Å². The molecule has 5 aliphatic heterocycles. The first-order chi connectivity index (χ1) is 32.5. The van der Waals surface area contributed by atoms with Gasteiger partial charge in [-0.2, -0.15) is 8.42 Å². The van der Waals surface area contributed by atoms with E-state index in [4.69, 9.17) is 8.37 Å².